The van der Waals surface area contributed by atoms with E-state index < -0.39 is 0 Å². The van der Waals surface area contributed by atoms with Crippen LogP contribution in [0.1, 0.15) is 10.5 Å². The van der Waals surface area contributed by atoms with Crippen molar-refractivity contribution in [3.05, 3.63) is 38.6 Å². The molecule has 5 nitrogen and oxygen atoms in total. The third-order valence-electron chi connectivity index (χ3n) is 2.02. The summed E-state index contributed by atoms with van der Waals surface area (Å²) in [4.78, 5) is 11.8. The van der Waals surface area contributed by atoms with Crippen LogP contribution in [0, 0.1) is 3.57 Å². The quantitative estimate of drug-likeness (QED) is 0.718. The Bertz CT molecular complexity index is 569. The molecule has 1 aromatic carbocycles. The van der Waals surface area contributed by atoms with E-state index in [2.05, 4.69) is 38.1 Å². The Morgan fingerprint density at radius 1 is 1.47 bits per heavy atom. The highest BCUT2D eigenvalue weighted by molar-refractivity contribution is 14.1. The summed E-state index contributed by atoms with van der Waals surface area (Å²) in [5.74, 6) is -0.0182. The monoisotopic (exact) mass is 362 g/mol. The predicted molar refractivity (Wildman–Crippen MR) is 75.1 cm³/mol. The molecule has 2 aromatic rings. The van der Waals surface area contributed by atoms with E-state index in [1.54, 1.807) is 18.2 Å². The molecule has 2 rings (SSSR count). The maximum atomic E-state index is 11.8. The Morgan fingerprint density at radius 3 is 2.82 bits per heavy atom. The topological polar surface area (TPSA) is 83.8 Å². The van der Waals surface area contributed by atoms with Crippen molar-refractivity contribution in [2.75, 3.05) is 11.1 Å². The van der Waals surface area contributed by atoms with Crippen LogP contribution in [0.5, 0.6) is 0 Å². The molecule has 1 amide bonds. The number of nitrogens with two attached hydrogens (primary N) is 1. The van der Waals surface area contributed by atoms with Gasteiger partial charge < -0.3 is 11.1 Å². The molecule has 0 bridgehead atoms. The number of nitrogen functional groups attached to an aromatic ring is 1. The SMILES string of the molecule is Nc1cc(C(=O)Nc2ccc(Cl)cc2I)[nH]n1. The maximum absolute atomic E-state index is 11.8. The van der Waals surface area contributed by atoms with Crippen molar-refractivity contribution in [2.24, 2.45) is 0 Å². The molecule has 0 saturated heterocycles. The van der Waals surface area contributed by atoms with E-state index in [1.807, 2.05) is 0 Å². The van der Waals surface area contributed by atoms with Crippen molar-refractivity contribution in [2.45, 2.75) is 0 Å². The molecule has 0 atom stereocenters. The van der Waals surface area contributed by atoms with Crippen LogP contribution < -0.4 is 11.1 Å². The molecule has 0 spiro atoms. The van der Waals surface area contributed by atoms with Crippen LogP contribution in [0.15, 0.2) is 24.3 Å². The van der Waals surface area contributed by atoms with Gasteiger partial charge in [-0.25, -0.2) is 0 Å². The Hall–Kier alpha value is -1.28. The van der Waals surface area contributed by atoms with E-state index in [4.69, 9.17) is 17.3 Å². The number of hydrogen-bond donors (Lipinski definition) is 3. The minimum absolute atomic E-state index is 0.279. The minimum Gasteiger partial charge on any atom is -0.382 e. The zero-order valence-corrected chi connectivity index (χ0v) is 11.4. The summed E-state index contributed by atoms with van der Waals surface area (Å²) in [5, 5.41) is 9.58. The van der Waals surface area contributed by atoms with Gasteiger partial charge in [-0.2, -0.15) is 5.10 Å². The normalized spacial score (nSPS) is 10.2. The zero-order valence-electron chi connectivity index (χ0n) is 8.50. The van der Waals surface area contributed by atoms with Gasteiger partial charge in [-0.15, -0.1) is 0 Å². The maximum Gasteiger partial charge on any atom is 0.273 e. The Balaban J connectivity index is 2.18. The van der Waals surface area contributed by atoms with Crippen LogP contribution in [0.3, 0.4) is 0 Å². The van der Waals surface area contributed by atoms with Crippen LogP contribution >= 0.6 is 34.2 Å². The van der Waals surface area contributed by atoms with E-state index in [-0.39, 0.29) is 11.7 Å². The number of nitrogens with one attached hydrogen (secondary N) is 2. The van der Waals surface area contributed by atoms with Gasteiger partial charge in [0, 0.05) is 14.7 Å². The number of carbonyl (C=O) groups is 1. The smallest absolute Gasteiger partial charge is 0.273 e. The molecule has 1 aromatic heterocycles. The molecular formula is C10H8ClIN4O. The Kier molecular flexibility index (Phi) is 3.53. The first-order valence-electron chi connectivity index (χ1n) is 4.63. The number of H-pyrrole nitrogens is 1. The summed E-state index contributed by atoms with van der Waals surface area (Å²) >= 11 is 7.92. The van der Waals surface area contributed by atoms with Crippen LogP contribution in [0.25, 0.3) is 0 Å². The molecule has 4 N–H and O–H groups in total. The number of aromatic amines is 1. The van der Waals surface area contributed by atoms with Gasteiger partial charge in [0.1, 0.15) is 11.5 Å². The molecule has 0 aliphatic carbocycles. The fourth-order valence-electron chi connectivity index (χ4n) is 1.23. The molecule has 7 heteroatoms. The lowest BCUT2D eigenvalue weighted by molar-refractivity contribution is 0.102. The lowest BCUT2D eigenvalue weighted by Gasteiger charge is -2.06. The predicted octanol–water partition coefficient (Wildman–Crippen LogP) is 2.50. The van der Waals surface area contributed by atoms with Gasteiger partial charge in [0.15, 0.2) is 0 Å². The van der Waals surface area contributed by atoms with Crippen molar-refractivity contribution >= 4 is 51.6 Å². The number of nitrogens with zero attached hydrogens (tertiary/aromatic N) is 1. The van der Waals surface area contributed by atoms with Crippen molar-refractivity contribution in [1.29, 1.82) is 0 Å². The second kappa shape index (κ2) is 4.92. The number of aromatic nitrogens is 2. The first-order chi connectivity index (χ1) is 8.06. The fraction of sp³-hybridized carbons (Fsp3) is 0. The average Bonchev–Trinajstić information content (AvgIpc) is 2.69. The number of benzene rings is 1. The summed E-state index contributed by atoms with van der Waals surface area (Å²) < 4.78 is 0.857. The number of halogens is 2. The highest BCUT2D eigenvalue weighted by Crippen LogP contribution is 2.22. The highest BCUT2D eigenvalue weighted by atomic mass is 127. The second-order valence-corrected chi connectivity index (χ2v) is 4.88. The van der Waals surface area contributed by atoms with Gasteiger partial charge >= 0.3 is 0 Å². The van der Waals surface area contributed by atoms with Crippen molar-refractivity contribution in [3.8, 4) is 0 Å². The minimum atomic E-state index is -0.297. The molecule has 1 heterocycles. The Labute approximate surface area is 116 Å². The third kappa shape index (κ3) is 2.89. The lowest BCUT2D eigenvalue weighted by Crippen LogP contribution is -2.13. The number of amides is 1. The molecule has 0 unspecified atom stereocenters. The Morgan fingerprint density at radius 2 is 2.24 bits per heavy atom. The number of anilines is 2. The second-order valence-electron chi connectivity index (χ2n) is 3.28. The summed E-state index contributed by atoms with van der Waals surface area (Å²) in [5.41, 5.74) is 6.42. The number of hydrogen-bond acceptors (Lipinski definition) is 3. The molecule has 17 heavy (non-hydrogen) atoms. The van der Waals surface area contributed by atoms with Gasteiger partial charge in [0.05, 0.1) is 5.69 Å². The molecule has 0 aliphatic heterocycles. The van der Waals surface area contributed by atoms with Crippen LogP contribution in [-0.4, -0.2) is 16.1 Å². The van der Waals surface area contributed by atoms with Gasteiger partial charge in [-0.05, 0) is 40.8 Å². The van der Waals surface area contributed by atoms with E-state index in [0.29, 0.717) is 16.4 Å². The van der Waals surface area contributed by atoms with Gasteiger partial charge in [0.2, 0.25) is 0 Å². The third-order valence-corrected chi connectivity index (χ3v) is 3.15. The molecule has 0 saturated carbocycles. The average molecular weight is 363 g/mol. The van der Waals surface area contributed by atoms with Crippen LogP contribution in [0.4, 0.5) is 11.5 Å². The van der Waals surface area contributed by atoms with E-state index in [1.165, 1.54) is 6.07 Å². The fourth-order valence-corrected chi connectivity index (χ4v) is 2.24. The summed E-state index contributed by atoms with van der Waals surface area (Å²) in [6, 6.07) is 6.68. The first-order valence-corrected chi connectivity index (χ1v) is 6.09. The highest BCUT2D eigenvalue weighted by Gasteiger charge is 2.10. The first kappa shape index (κ1) is 12.2. The summed E-state index contributed by atoms with van der Waals surface area (Å²) in [6.45, 7) is 0. The van der Waals surface area contributed by atoms with Crippen LogP contribution in [0.2, 0.25) is 5.02 Å². The van der Waals surface area contributed by atoms with Gasteiger partial charge in [0.25, 0.3) is 5.91 Å². The van der Waals surface area contributed by atoms with Crippen molar-refractivity contribution in [3.63, 3.8) is 0 Å². The molecule has 88 valence electrons. The van der Waals surface area contributed by atoms with Crippen molar-refractivity contribution < 1.29 is 4.79 Å². The summed E-state index contributed by atoms with van der Waals surface area (Å²) in [7, 11) is 0. The molecule has 0 aliphatic rings. The molecule has 0 radical (unpaired) electrons. The standard InChI is InChI=1S/C10H8ClIN4O/c11-5-1-2-7(6(12)3-5)14-10(17)8-4-9(13)16-15-8/h1-4H,(H,14,17)(H3,13,15,16). The van der Waals surface area contributed by atoms with Crippen molar-refractivity contribution in [1.82, 2.24) is 10.2 Å². The molecule has 0 fully saturated rings. The van der Waals surface area contributed by atoms with E-state index in [9.17, 15) is 4.79 Å². The summed E-state index contributed by atoms with van der Waals surface area (Å²) in [6.07, 6.45) is 0. The largest absolute Gasteiger partial charge is 0.382 e. The lowest BCUT2D eigenvalue weighted by atomic mass is 10.3. The molecular weight excluding hydrogens is 354 g/mol. The number of rotatable bonds is 2. The number of carbonyl (C=O) groups excluding carboxylic acids is 1. The van der Waals surface area contributed by atoms with E-state index in [0.717, 1.165) is 3.57 Å². The van der Waals surface area contributed by atoms with Crippen LogP contribution in [-0.2, 0) is 0 Å². The van der Waals surface area contributed by atoms with Gasteiger partial charge in [-0.3, -0.25) is 9.89 Å². The zero-order chi connectivity index (χ0) is 12.4. The van der Waals surface area contributed by atoms with E-state index >= 15 is 0 Å². The van der Waals surface area contributed by atoms with Gasteiger partial charge in [-0.1, -0.05) is 11.6 Å².